The second-order valence-electron chi connectivity index (χ2n) is 5.83. The summed E-state index contributed by atoms with van der Waals surface area (Å²) in [5.41, 5.74) is 1.09. The van der Waals surface area contributed by atoms with Crippen LogP contribution in [0.4, 0.5) is 5.69 Å². The lowest BCUT2D eigenvalue weighted by Crippen LogP contribution is -2.22. The maximum Gasteiger partial charge on any atom is 0.251 e. The van der Waals surface area contributed by atoms with Crippen LogP contribution >= 0.6 is 0 Å². The van der Waals surface area contributed by atoms with E-state index in [9.17, 15) is 14.4 Å². The maximum atomic E-state index is 12.2. The number of anilines is 1. The van der Waals surface area contributed by atoms with E-state index in [0.29, 0.717) is 23.2 Å². The molecule has 3 amide bonds. The van der Waals surface area contributed by atoms with Crippen LogP contribution in [0.2, 0.25) is 0 Å². The van der Waals surface area contributed by atoms with Crippen LogP contribution in [0.25, 0.3) is 0 Å². The Hall–Kier alpha value is -2.63. The topological polar surface area (TPSA) is 87.3 Å². The van der Waals surface area contributed by atoms with Crippen molar-refractivity contribution in [2.75, 3.05) is 19.4 Å². The van der Waals surface area contributed by atoms with Crippen LogP contribution in [0.15, 0.2) is 30.4 Å². The average Bonchev–Trinajstić information content (AvgIpc) is 2.60. The highest BCUT2D eigenvalue weighted by Crippen LogP contribution is 2.21. The Balaban J connectivity index is 2.16. The van der Waals surface area contributed by atoms with Gasteiger partial charge in [0.05, 0.1) is 0 Å². The first-order valence-electron chi connectivity index (χ1n) is 8.09. The average molecular weight is 329 g/mol. The quantitative estimate of drug-likeness (QED) is 0.723. The van der Waals surface area contributed by atoms with Crippen molar-refractivity contribution >= 4 is 23.4 Å². The Morgan fingerprint density at radius 3 is 2.17 bits per heavy atom. The van der Waals surface area contributed by atoms with E-state index in [1.807, 2.05) is 0 Å². The van der Waals surface area contributed by atoms with Crippen molar-refractivity contribution in [2.24, 2.45) is 5.92 Å². The summed E-state index contributed by atoms with van der Waals surface area (Å²) in [4.78, 5) is 36.0. The van der Waals surface area contributed by atoms with Gasteiger partial charge >= 0.3 is 0 Å². The number of benzene rings is 1. The molecule has 2 rings (SSSR count). The summed E-state index contributed by atoms with van der Waals surface area (Å²) >= 11 is 0. The third kappa shape index (κ3) is 4.68. The normalized spacial score (nSPS) is 16.3. The lowest BCUT2D eigenvalue weighted by atomic mass is 9.93. The van der Waals surface area contributed by atoms with E-state index in [1.165, 1.54) is 20.2 Å². The molecule has 1 aromatic rings. The Kier molecular flexibility index (Phi) is 6.12. The molecule has 3 N–H and O–H groups in total. The number of amides is 3. The van der Waals surface area contributed by atoms with E-state index in [2.05, 4.69) is 28.1 Å². The predicted octanol–water partition coefficient (Wildman–Crippen LogP) is 2.09. The number of carbonyl (C=O) groups is 3. The number of hydrogen-bond acceptors (Lipinski definition) is 3. The number of nitrogens with one attached hydrogen (secondary N) is 3. The standard InChI is InChI=1S/C18H23N3O3/c1-19-17(23)13-9-14(18(24)20-2)11-15(10-13)21-16(22)8-12-6-4-3-5-7-12/h4,6,9-12H,3,5,7-8H2,1-2H3,(H,19,23)(H,20,24)(H,21,22). The third-order valence-corrected chi connectivity index (χ3v) is 4.00. The van der Waals surface area contributed by atoms with Gasteiger partial charge in [-0.15, -0.1) is 0 Å². The summed E-state index contributed by atoms with van der Waals surface area (Å²) in [6.45, 7) is 0. The molecular formula is C18H23N3O3. The smallest absolute Gasteiger partial charge is 0.251 e. The zero-order valence-corrected chi connectivity index (χ0v) is 14.0. The maximum absolute atomic E-state index is 12.2. The molecule has 0 spiro atoms. The Labute approximate surface area is 141 Å². The first kappa shape index (κ1) is 17.7. The zero-order chi connectivity index (χ0) is 17.5. The van der Waals surface area contributed by atoms with Gasteiger partial charge in [-0.3, -0.25) is 14.4 Å². The molecule has 1 atom stereocenters. The van der Waals surface area contributed by atoms with Crippen LogP contribution in [-0.2, 0) is 4.79 Å². The molecule has 1 aromatic carbocycles. The molecule has 0 saturated carbocycles. The lowest BCUT2D eigenvalue weighted by Gasteiger charge is -2.16. The van der Waals surface area contributed by atoms with E-state index in [1.54, 1.807) is 12.1 Å². The summed E-state index contributed by atoms with van der Waals surface area (Å²) in [6.07, 6.45) is 7.77. The summed E-state index contributed by atoms with van der Waals surface area (Å²) in [6, 6.07) is 4.64. The fourth-order valence-corrected chi connectivity index (χ4v) is 2.75. The van der Waals surface area contributed by atoms with E-state index in [0.717, 1.165) is 19.3 Å². The van der Waals surface area contributed by atoms with Crippen molar-refractivity contribution < 1.29 is 14.4 Å². The Bertz CT molecular complexity index is 633. The van der Waals surface area contributed by atoms with Gasteiger partial charge in [0, 0.05) is 37.3 Å². The number of allylic oxidation sites excluding steroid dienone is 2. The highest BCUT2D eigenvalue weighted by atomic mass is 16.2. The minimum Gasteiger partial charge on any atom is -0.355 e. The van der Waals surface area contributed by atoms with Crippen molar-refractivity contribution in [1.29, 1.82) is 0 Å². The molecule has 128 valence electrons. The molecule has 0 bridgehead atoms. The van der Waals surface area contributed by atoms with Crippen molar-refractivity contribution in [3.8, 4) is 0 Å². The first-order chi connectivity index (χ1) is 11.5. The van der Waals surface area contributed by atoms with Crippen molar-refractivity contribution in [2.45, 2.75) is 25.7 Å². The van der Waals surface area contributed by atoms with Gasteiger partial charge in [0.2, 0.25) is 5.91 Å². The highest BCUT2D eigenvalue weighted by Gasteiger charge is 2.16. The van der Waals surface area contributed by atoms with E-state index in [4.69, 9.17) is 0 Å². The summed E-state index contributed by atoms with van der Waals surface area (Å²) in [5.74, 6) is -0.499. The molecule has 6 heteroatoms. The van der Waals surface area contributed by atoms with Crippen LogP contribution in [0.3, 0.4) is 0 Å². The fourth-order valence-electron chi connectivity index (χ4n) is 2.75. The molecule has 0 heterocycles. The molecule has 1 unspecified atom stereocenters. The van der Waals surface area contributed by atoms with Crippen LogP contribution in [0.5, 0.6) is 0 Å². The van der Waals surface area contributed by atoms with Gasteiger partial charge in [-0.2, -0.15) is 0 Å². The van der Waals surface area contributed by atoms with Crippen molar-refractivity contribution in [3.05, 3.63) is 41.5 Å². The van der Waals surface area contributed by atoms with Crippen LogP contribution in [-0.4, -0.2) is 31.8 Å². The largest absolute Gasteiger partial charge is 0.355 e. The highest BCUT2D eigenvalue weighted by molar-refractivity contribution is 6.02. The SMILES string of the molecule is CNC(=O)c1cc(NC(=O)CC2C=CCCC2)cc(C(=O)NC)c1. The minimum absolute atomic E-state index is 0.122. The number of carbonyl (C=O) groups excluding carboxylic acids is 3. The van der Waals surface area contributed by atoms with E-state index in [-0.39, 0.29) is 23.6 Å². The van der Waals surface area contributed by atoms with E-state index >= 15 is 0 Å². The third-order valence-electron chi connectivity index (χ3n) is 4.00. The summed E-state index contributed by atoms with van der Waals surface area (Å²) in [7, 11) is 3.03. The molecule has 0 aliphatic heterocycles. The van der Waals surface area contributed by atoms with Crippen molar-refractivity contribution in [1.82, 2.24) is 10.6 Å². The molecule has 0 saturated heterocycles. The number of rotatable bonds is 5. The Morgan fingerprint density at radius 2 is 1.67 bits per heavy atom. The van der Waals surface area contributed by atoms with Crippen molar-refractivity contribution in [3.63, 3.8) is 0 Å². The van der Waals surface area contributed by atoms with Gasteiger partial charge in [0.1, 0.15) is 0 Å². The van der Waals surface area contributed by atoms with Crippen LogP contribution in [0, 0.1) is 5.92 Å². The van der Waals surface area contributed by atoms with Gasteiger partial charge in [-0.25, -0.2) is 0 Å². The van der Waals surface area contributed by atoms with Gasteiger partial charge in [0.25, 0.3) is 11.8 Å². The zero-order valence-electron chi connectivity index (χ0n) is 14.0. The molecule has 0 fully saturated rings. The molecule has 0 aromatic heterocycles. The number of hydrogen-bond donors (Lipinski definition) is 3. The van der Waals surface area contributed by atoms with Gasteiger partial charge < -0.3 is 16.0 Å². The van der Waals surface area contributed by atoms with Crippen LogP contribution in [0.1, 0.15) is 46.4 Å². The lowest BCUT2D eigenvalue weighted by molar-refractivity contribution is -0.116. The molecular weight excluding hydrogens is 306 g/mol. The monoisotopic (exact) mass is 329 g/mol. The summed E-state index contributed by atoms with van der Waals surface area (Å²) < 4.78 is 0. The van der Waals surface area contributed by atoms with Gasteiger partial charge in [0.15, 0.2) is 0 Å². The fraction of sp³-hybridized carbons (Fsp3) is 0.389. The molecule has 1 aliphatic carbocycles. The second-order valence-corrected chi connectivity index (χ2v) is 5.83. The first-order valence-corrected chi connectivity index (χ1v) is 8.09. The predicted molar refractivity (Wildman–Crippen MR) is 93.0 cm³/mol. The Morgan fingerprint density at radius 1 is 1.04 bits per heavy atom. The second kappa shape index (κ2) is 8.29. The molecule has 1 aliphatic rings. The van der Waals surface area contributed by atoms with E-state index < -0.39 is 0 Å². The molecule has 24 heavy (non-hydrogen) atoms. The molecule has 0 radical (unpaired) electrons. The van der Waals surface area contributed by atoms with Gasteiger partial charge in [-0.05, 0) is 43.4 Å². The minimum atomic E-state index is -0.313. The van der Waals surface area contributed by atoms with Gasteiger partial charge in [-0.1, -0.05) is 12.2 Å². The summed E-state index contributed by atoms with van der Waals surface area (Å²) in [5, 5.41) is 7.83. The van der Waals surface area contributed by atoms with Crippen LogP contribution < -0.4 is 16.0 Å². The molecule has 6 nitrogen and oxygen atoms in total.